The molecule has 0 bridgehead atoms. The van der Waals surface area contributed by atoms with Gasteiger partial charge < -0.3 is 10.4 Å². The smallest absolute Gasteiger partial charge is 0.326 e. The SMILES string of the molecule is CC(C)(C)[C@H](NC(=O)Cn1cccn1)C(=O)O. The minimum atomic E-state index is -1.04. The molecule has 0 spiro atoms. The molecule has 94 valence electrons. The number of hydrogen-bond acceptors (Lipinski definition) is 3. The van der Waals surface area contributed by atoms with Gasteiger partial charge >= 0.3 is 5.97 Å². The van der Waals surface area contributed by atoms with Gasteiger partial charge in [-0.3, -0.25) is 9.48 Å². The summed E-state index contributed by atoms with van der Waals surface area (Å²) in [6.07, 6.45) is 3.21. The molecular formula is C11H17N3O3. The molecule has 17 heavy (non-hydrogen) atoms. The summed E-state index contributed by atoms with van der Waals surface area (Å²) >= 11 is 0. The maximum atomic E-state index is 11.6. The van der Waals surface area contributed by atoms with Gasteiger partial charge in [0.25, 0.3) is 0 Å². The monoisotopic (exact) mass is 239 g/mol. The Morgan fingerprint density at radius 1 is 1.47 bits per heavy atom. The Labute approximate surface area is 99.6 Å². The lowest BCUT2D eigenvalue weighted by Crippen LogP contribution is -2.49. The Hall–Kier alpha value is -1.85. The maximum absolute atomic E-state index is 11.6. The molecule has 2 N–H and O–H groups in total. The summed E-state index contributed by atoms with van der Waals surface area (Å²) in [5.74, 6) is -1.40. The largest absolute Gasteiger partial charge is 0.480 e. The Morgan fingerprint density at radius 3 is 2.53 bits per heavy atom. The Kier molecular flexibility index (Phi) is 3.88. The number of carbonyl (C=O) groups excluding carboxylic acids is 1. The summed E-state index contributed by atoms with van der Waals surface area (Å²) in [4.78, 5) is 22.7. The first-order valence-electron chi connectivity index (χ1n) is 5.30. The predicted octanol–water partition coefficient (Wildman–Crippen LogP) is 0.499. The second kappa shape index (κ2) is 4.99. The van der Waals surface area contributed by atoms with Crippen molar-refractivity contribution in [2.75, 3.05) is 0 Å². The number of carboxylic acids is 1. The molecule has 0 radical (unpaired) electrons. The van der Waals surface area contributed by atoms with Crippen molar-refractivity contribution in [3.63, 3.8) is 0 Å². The highest BCUT2D eigenvalue weighted by molar-refractivity contribution is 5.83. The number of nitrogens with one attached hydrogen (secondary N) is 1. The summed E-state index contributed by atoms with van der Waals surface area (Å²) in [6.45, 7) is 5.31. The van der Waals surface area contributed by atoms with Crippen molar-refractivity contribution in [2.45, 2.75) is 33.4 Å². The van der Waals surface area contributed by atoms with Crippen LogP contribution in [0.3, 0.4) is 0 Å². The number of rotatable bonds is 4. The highest BCUT2D eigenvalue weighted by Crippen LogP contribution is 2.19. The molecule has 0 saturated carbocycles. The van der Waals surface area contributed by atoms with Gasteiger partial charge in [0, 0.05) is 12.4 Å². The van der Waals surface area contributed by atoms with Gasteiger partial charge in [0.05, 0.1) is 0 Å². The van der Waals surface area contributed by atoms with Crippen LogP contribution in [0.2, 0.25) is 0 Å². The van der Waals surface area contributed by atoms with Crippen LogP contribution in [0.5, 0.6) is 0 Å². The van der Waals surface area contributed by atoms with Crippen molar-refractivity contribution in [1.82, 2.24) is 15.1 Å². The van der Waals surface area contributed by atoms with Gasteiger partial charge in [-0.25, -0.2) is 4.79 Å². The third-order valence-electron chi connectivity index (χ3n) is 2.28. The van der Waals surface area contributed by atoms with Crippen molar-refractivity contribution in [3.05, 3.63) is 18.5 Å². The fraction of sp³-hybridized carbons (Fsp3) is 0.545. The van der Waals surface area contributed by atoms with Crippen LogP contribution in [-0.2, 0) is 16.1 Å². The zero-order valence-corrected chi connectivity index (χ0v) is 10.2. The van der Waals surface area contributed by atoms with E-state index in [1.165, 1.54) is 4.68 Å². The van der Waals surface area contributed by atoms with Gasteiger partial charge in [-0.05, 0) is 11.5 Å². The van der Waals surface area contributed by atoms with E-state index in [1.54, 1.807) is 39.2 Å². The fourth-order valence-corrected chi connectivity index (χ4v) is 1.40. The summed E-state index contributed by atoms with van der Waals surface area (Å²) in [7, 11) is 0. The molecular weight excluding hydrogens is 222 g/mol. The molecule has 1 amide bonds. The first-order chi connectivity index (χ1) is 7.80. The van der Waals surface area contributed by atoms with Gasteiger partial charge in [0.2, 0.25) is 5.91 Å². The molecule has 1 heterocycles. The number of hydrogen-bond donors (Lipinski definition) is 2. The van der Waals surface area contributed by atoms with E-state index in [0.29, 0.717) is 0 Å². The fourth-order valence-electron chi connectivity index (χ4n) is 1.40. The van der Waals surface area contributed by atoms with E-state index < -0.39 is 17.4 Å². The number of carboxylic acid groups (broad SMARTS) is 1. The van der Waals surface area contributed by atoms with E-state index in [-0.39, 0.29) is 12.5 Å². The second-order valence-corrected chi connectivity index (χ2v) is 4.91. The normalized spacial score (nSPS) is 13.1. The third kappa shape index (κ3) is 3.90. The molecule has 0 unspecified atom stereocenters. The molecule has 0 aliphatic carbocycles. The van der Waals surface area contributed by atoms with Crippen molar-refractivity contribution >= 4 is 11.9 Å². The standard InChI is InChI=1S/C11H17N3O3/c1-11(2,3)9(10(16)17)13-8(15)7-14-6-4-5-12-14/h4-6,9H,7H2,1-3H3,(H,13,15)(H,16,17)/t9-/m1/s1. The van der Waals surface area contributed by atoms with Crippen LogP contribution >= 0.6 is 0 Å². The number of aliphatic carboxylic acids is 1. The van der Waals surface area contributed by atoms with Crippen LogP contribution < -0.4 is 5.32 Å². The van der Waals surface area contributed by atoms with Crippen LogP contribution in [0.25, 0.3) is 0 Å². The number of nitrogens with zero attached hydrogens (tertiary/aromatic N) is 2. The molecule has 0 aromatic carbocycles. The molecule has 0 saturated heterocycles. The van der Waals surface area contributed by atoms with Gasteiger partial charge in [0.15, 0.2) is 0 Å². The first kappa shape index (κ1) is 13.2. The Balaban J connectivity index is 2.62. The van der Waals surface area contributed by atoms with Crippen molar-refractivity contribution < 1.29 is 14.7 Å². The highest BCUT2D eigenvalue weighted by atomic mass is 16.4. The molecule has 1 rings (SSSR count). The van der Waals surface area contributed by atoms with Gasteiger partial charge in [-0.2, -0.15) is 5.10 Å². The minimum absolute atomic E-state index is 0.0207. The van der Waals surface area contributed by atoms with E-state index >= 15 is 0 Å². The average molecular weight is 239 g/mol. The Bertz CT molecular complexity index is 393. The van der Waals surface area contributed by atoms with E-state index in [9.17, 15) is 9.59 Å². The molecule has 0 aliphatic rings. The van der Waals surface area contributed by atoms with Gasteiger partial charge in [-0.15, -0.1) is 0 Å². The summed E-state index contributed by atoms with van der Waals surface area (Å²) < 4.78 is 1.44. The van der Waals surface area contributed by atoms with Crippen molar-refractivity contribution in [3.8, 4) is 0 Å². The zero-order chi connectivity index (χ0) is 13.1. The molecule has 6 nitrogen and oxygen atoms in total. The lowest BCUT2D eigenvalue weighted by molar-refractivity contribution is -0.145. The van der Waals surface area contributed by atoms with Gasteiger partial charge in [0.1, 0.15) is 12.6 Å². The Morgan fingerprint density at radius 2 is 2.12 bits per heavy atom. The van der Waals surface area contributed by atoms with E-state index in [1.807, 2.05) is 0 Å². The van der Waals surface area contributed by atoms with Crippen LogP contribution in [0.1, 0.15) is 20.8 Å². The van der Waals surface area contributed by atoms with Crippen LogP contribution in [-0.4, -0.2) is 32.8 Å². The summed E-state index contributed by atoms with van der Waals surface area (Å²) in [5, 5.41) is 15.4. The number of amides is 1. The van der Waals surface area contributed by atoms with Crippen molar-refractivity contribution in [1.29, 1.82) is 0 Å². The molecule has 1 aromatic rings. The highest BCUT2D eigenvalue weighted by Gasteiger charge is 2.32. The molecule has 0 aliphatic heterocycles. The van der Waals surface area contributed by atoms with Crippen LogP contribution in [0, 0.1) is 5.41 Å². The van der Waals surface area contributed by atoms with Crippen molar-refractivity contribution in [2.24, 2.45) is 5.41 Å². The summed E-state index contributed by atoms with van der Waals surface area (Å²) in [5.41, 5.74) is -0.536. The molecule has 1 atom stereocenters. The zero-order valence-electron chi connectivity index (χ0n) is 10.2. The summed E-state index contributed by atoms with van der Waals surface area (Å²) in [6, 6.07) is 0.789. The average Bonchev–Trinajstić information content (AvgIpc) is 2.64. The van der Waals surface area contributed by atoms with E-state index in [0.717, 1.165) is 0 Å². The quantitative estimate of drug-likeness (QED) is 0.801. The minimum Gasteiger partial charge on any atom is -0.480 e. The number of aromatic nitrogens is 2. The predicted molar refractivity (Wildman–Crippen MR) is 61.2 cm³/mol. The van der Waals surface area contributed by atoms with E-state index in [2.05, 4.69) is 10.4 Å². The van der Waals surface area contributed by atoms with Crippen LogP contribution in [0.4, 0.5) is 0 Å². The van der Waals surface area contributed by atoms with Gasteiger partial charge in [-0.1, -0.05) is 20.8 Å². The number of carbonyl (C=O) groups is 2. The molecule has 6 heteroatoms. The maximum Gasteiger partial charge on any atom is 0.326 e. The second-order valence-electron chi connectivity index (χ2n) is 4.91. The third-order valence-corrected chi connectivity index (χ3v) is 2.28. The first-order valence-corrected chi connectivity index (χ1v) is 5.30. The topological polar surface area (TPSA) is 84.2 Å². The van der Waals surface area contributed by atoms with E-state index in [4.69, 9.17) is 5.11 Å². The van der Waals surface area contributed by atoms with Crippen LogP contribution in [0.15, 0.2) is 18.5 Å². The lowest BCUT2D eigenvalue weighted by Gasteiger charge is -2.27. The molecule has 0 fully saturated rings. The lowest BCUT2D eigenvalue weighted by atomic mass is 9.87. The molecule has 1 aromatic heterocycles.